The summed E-state index contributed by atoms with van der Waals surface area (Å²) in [6.45, 7) is 1.65. The summed E-state index contributed by atoms with van der Waals surface area (Å²) in [7, 11) is 0. The first kappa shape index (κ1) is 20.6. The van der Waals surface area contributed by atoms with Crippen LogP contribution in [0.15, 0.2) is 0 Å². The molecule has 0 spiro atoms. The molecule has 0 aromatic heterocycles. The van der Waals surface area contributed by atoms with Crippen LogP contribution in [-0.4, -0.2) is 99.0 Å². The van der Waals surface area contributed by atoms with E-state index in [0.29, 0.717) is 13.2 Å². The lowest BCUT2D eigenvalue weighted by atomic mass is 10.5. The molecule has 0 aromatic rings. The third-order valence-electron chi connectivity index (χ3n) is 2.15. The second-order valence-corrected chi connectivity index (χ2v) is 4.02. The van der Waals surface area contributed by atoms with Gasteiger partial charge in [0.1, 0.15) is 12.5 Å². The van der Waals surface area contributed by atoms with E-state index in [1.807, 2.05) is 0 Å². The van der Waals surface area contributed by atoms with E-state index >= 15 is 0 Å². The van der Waals surface area contributed by atoms with Crippen LogP contribution in [0.25, 0.3) is 0 Å². The van der Waals surface area contributed by atoms with Crippen LogP contribution >= 0.6 is 0 Å². The van der Waals surface area contributed by atoms with Crippen molar-refractivity contribution in [1.82, 2.24) is 5.32 Å². The fourth-order valence-corrected chi connectivity index (χ4v) is 1.28. The van der Waals surface area contributed by atoms with Crippen LogP contribution in [0.2, 0.25) is 0 Å². The topological polar surface area (TPSA) is 130 Å². The van der Waals surface area contributed by atoms with Gasteiger partial charge in [-0.3, -0.25) is 5.32 Å². The van der Waals surface area contributed by atoms with Gasteiger partial charge < -0.3 is 39.4 Å². The third-order valence-corrected chi connectivity index (χ3v) is 2.15. The first-order valence-corrected chi connectivity index (χ1v) is 6.85. The molecule has 0 saturated heterocycles. The van der Waals surface area contributed by atoms with Crippen molar-refractivity contribution in [2.75, 3.05) is 66.1 Å². The van der Waals surface area contributed by atoms with Gasteiger partial charge in [0.2, 0.25) is 0 Å². The van der Waals surface area contributed by atoms with Gasteiger partial charge in [-0.05, 0) is 0 Å². The maximum Gasteiger partial charge on any atom is 0.130 e. The summed E-state index contributed by atoms with van der Waals surface area (Å²) in [5.74, 6) is 0. The van der Waals surface area contributed by atoms with Crippen molar-refractivity contribution in [3.63, 3.8) is 0 Å². The maximum atomic E-state index is 9.51. The smallest absolute Gasteiger partial charge is 0.130 e. The van der Waals surface area contributed by atoms with Gasteiger partial charge in [0.25, 0.3) is 0 Å². The molecule has 0 amide bonds. The average molecular weight is 313 g/mol. The fraction of sp³-hybridized carbons (Fsp3) is 1.00. The Balaban J connectivity index is 3.33. The number of aliphatic hydroxyl groups excluding tert-OH is 4. The molecule has 5 N–H and O–H groups in total. The van der Waals surface area contributed by atoms with Crippen LogP contribution in [0.1, 0.15) is 0 Å². The number of rotatable bonds is 16. The van der Waals surface area contributed by atoms with Crippen LogP contribution in [0.4, 0.5) is 0 Å². The second-order valence-electron chi connectivity index (χ2n) is 4.02. The molecule has 0 radical (unpaired) electrons. The van der Waals surface area contributed by atoms with Gasteiger partial charge >= 0.3 is 0 Å². The number of hydrogen-bond acceptors (Lipinski definition) is 9. The van der Waals surface area contributed by atoms with Gasteiger partial charge in [-0.15, -0.1) is 0 Å². The van der Waals surface area contributed by atoms with Crippen molar-refractivity contribution in [1.29, 1.82) is 0 Å². The Bertz CT molecular complexity index is 190. The van der Waals surface area contributed by atoms with Crippen LogP contribution in [0.3, 0.4) is 0 Å². The lowest BCUT2D eigenvalue weighted by molar-refractivity contribution is -0.0590. The van der Waals surface area contributed by atoms with E-state index in [0.717, 1.165) is 0 Å². The van der Waals surface area contributed by atoms with Crippen molar-refractivity contribution < 1.29 is 39.4 Å². The van der Waals surface area contributed by atoms with Crippen LogP contribution in [0, 0.1) is 0 Å². The van der Waals surface area contributed by atoms with Crippen LogP contribution in [-0.2, 0) is 18.9 Å². The SMILES string of the molecule is OCCOCCOCC(O)NC(O)COCCOCCO. The molecule has 0 aliphatic carbocycles. The standard InChI is InChI=1S/C12H27NO8/c14-1-3-18-5-7-20-9-11(16)13-12(17)10-21-8-6-19-4-2-15/h11-17H,1-10H2. The molecule has 0 rings (SSSR count). The molecule has 0 fully saturated rings. The molecule has 2 unspecified atom stereocenters. The fourth-order valence-electron chi connectivity index (χ4n) is 1.28. The Labute approximate surface area is 124 Å². The Morgan fingerprint density at radius 1 is 0.619 bits per heavy atom. The van der Waals surface area contributed by atoms with Crippen LogP contribution < -0.4 is 5.32 Å². The number of aliphatic hydroxyl groups is 4. The monoisotopic (exact) mass is 313 g/mol. The highest BCUT2D eigenvalue weighted by Gasteiger charge is 2.10. The van der Waals surface area contributed by atoms with E-state index < -0.39 is 12.5 Å². The van der Waals surface area contributed by atoms with Crippen molar-refractivity contribution in [2.24, 2.45) is 0 Å². The lowest BCUT2D eigenvalue weighted by Gasteiger charge is -2.18. The van der Waals surface area contributed by atoms with E-state index in [1.165, 1.54) is 0 Å². The molecule has 9 heteroatoms. The first-order chi connectivity index (χ1) is 10.2. The van der Waals surface area contributed by atoms with E-state index in [9.17, 15) is 10.2 Å². The van der Waals surface area contributed by atoms with Gasteiger partial charge in [0, 0.05) is 0 Å². The zero-order valence-corrected chi connectivity index (χ0v) is 12.1. The highest BCUT2D eigenvalue weighted by atomic mass is 16.5. The van der Waals surface area contributed by atoms with Gasteiger partial charge in [-0.1, -0.05) is 0 Å². The summed E-state index contributed by atoms with van der Waals surface area (Å²) in [6, 6.07) is 0. The minimum atomic E-state index is -1.02. The normalized spacial score (nSPS) is 14.3. The van der Waals surface area contributed by atoms with Gasteiger partial charge in [-0.25, -0.2) is 0 Å². The molecular weight excluding hydrogens is 286 g/mol. The van der Waals surface area contributed by atoms with Crippen molar-refractivity contribution in [3.8, 4) is 0 Å². The Hall–Kier alpha value is -0.360. The molecule has 21 heavy (non-hydrogen) atoms. The zero-order chi connectivity index (χ0) is 15.8. The zero-order valence-electron chi connectivity index (χ0n) is 12.1. The molecule has 128 valence electrons. The Morgan fingerprint density at radius 3 is 1.38 bits per heavy atom. The molecular formula is C12H27NO8. The molecule has 9 nitrogen and oxygen atoms in total. The summed E-state index contributed by atoms with van der Waals surface area (Å²) in [4.78, 5) is 0. The maximum absolute atomic E-state index is 9.51. The molecule has 0 bridgehead atoms. The van der Waals surface area contributed by atoms with Crippen molar-refractivity contribution >= 4 is 0 Å². The quantitative estimate of drug-likeness (QED) is 0.152. The van der Waals surface area contributed by atoms with E-state index in [2.05, 4.69) is 5.32 Å². The molecule has 0 aliphatic heterocycles. The number of hydrogen-bond donors (Lipinski definition) is 5. The van der Waals surface area contributed by atoms with Crippen molar-refractivity contribution in [2.45, 2.75) is 12.5 Å². The summed E-state index contributed by atoms with van der Waals surface area (Å²) in [5.41, 5.74) is 0. The molecule has 0 heterocycles. The minimum absolute atomic E-state index is 0.000837. The van der Waals surface area contributed by atoms with Gasteiger partial charge in [0.05, 0.1) is 66.1 Å². The third kappa shape index (κ3) is 15.8. The van der Waals surface area contributed by atoms with Crippen LogP contribution in [0.5, 0.6) is 0 Å². The highest BCUT2D eigenvalue weighted by molar-refractivity contribution is 4.56. The van der Waals surface area contributed by atoms with E-state index in [1.54, 1.807) is 0 Å². The first-order valence-electron chi connectivity index (χ1n) is 6.85. The summed E-state index contributed by atoms with van der Waals surface area (Å²) in [5, 5.41) is 38.4. The van der Waals surface area contributed by atoms with Crippen molar-refractivity contribution in [3.05, 3.63) is 0 Å². The summed E-state index contributed by atoms with van der Waals surface area (Å²) >= 11 is 0. The number of ether oxygens (including phenoxy) is 4. The molecule has 0 saturated carbocycles. The summed E-state index contributed by atoms with van der Waals surface area (Å²) < 4.78 is 20.1. The van der Waals surface area contributed by atoms with E-state index in [4.69, 9.17) is 29.2 Å². The summed E-state index contributed by atoms with van der Waals surface area (Å²) in [6.07, 6.45) is -2.04. The largest absolute Gasteiger partial charge is 0.394 e. The lowest BCUT2D eigenvalue weighted by Crippen LogP contribution is -2.43. The highest BCUT2D eigenvalue weighted by Crippen LogP contribution is 1.88. The average Bonchev–Trinajstić information content (AvgIpc) is 2.46. The van der Waals surface area contributed by atoms with Gasteiger partial charge in [0.15, 0.2) is 0 Å². The molecule has 2 atom stereocenters. The minimum Gasteiger partial charge on any atom is -0.394 e. The second kappa shape index (κ2) is 16.0. The Morgan fingerprint density at radius 2 is 1.00 bits per heavy atom. The molecule has 0 aromatic carbocycles. The van der Waals surface area contributed by atoms with Gasteiger partial charge in [-0.2, -0.15) is 0 Å². The predicted molar refractivity (Wildman–Crippen MR) is 72.6 cm³/mol. The predicted octanol–water partition coefficient (Wildman–Crippen LogP) is -2.74. The van der Waals surface area contributed by atoms with E-state index in [-0.39, 0.29) is 52.9 Å². The number of nitrogens with one attached hydrogen (secondary N) is 1. The Kier molecular flexibility index (Phi) is 15.7. The molecule has 0 aliphatic rings.